The van der Waals surface area contributed by atoms with E-state index in [4.69, 9.17) is 4.74 Å². The molecule has 88 valence electrons. The van der Waals surface area contributed by atoms with Crippen molar-refractivity contribution in [2.45, 2.75) is 38.6 Å². The van der Waals surface area contributed by atoms with Crippen molar-refractivity contribution in [1.82, 2.24) is 9.78 Å². The van der Waals surface area contributed by atoms with E-state index in [0.29, 0.717) is 0 Å². The molecular weight excluding hydrogens is 204 g/mol. The first-order chi connectivity index (χ1) is 7.68. The average molecular weight is 222 g/mol. The van der Waals surface area contributed by atoms with E-state index in [0.717, 1.165) is 25.7 Å². The van der Waals surface area contributed by atoms with Gasteiger partial charge in [-0.3, -0.25) is 9.48 Å². The Balaban J connectivity index is 2.30. The smallest absolute Gasteiger partial charge is 0.313 e. The molecule has 1 fully saturated rings. The van der Waals surface area contributed by atoms with Gasteiger partial charge in [0.05, 0.1) is 18.6 Å². The minimum Gasteiger partial charge on any atom is -0.469 e. The van der Waals surface area contributed by atoms with E-state index < -0.39 is 5.41 Å². The van der Waals surface area contributed by atoms with Crippen LogP contribution in [0.15, 0.2) is 18.5 Å². The van der Waals surface area contributed by atoms with Crippen LogP contribution in [0.3, 0.4) is 0 Å². The van der Waals surface area contributed by atoms with Crippen molar-refractivity contribution in [3.8, 4) is 0 Å². The van der Waals surface area contributed by atoms with E-state index in [1.165, 1.54) is 7.11 Å². The molecule has 1 saturated carbocycles. The van der Waals surface area contributed by atoms with E-state index in [9.17, 15) is 4.79 Å². The Morgan fingerprint density at radius 2 is 2.38 bits per heavy atom. The Labute approximate surface area is 95.6 Å². The Morgan fingerprint density at radius 3 is 3.00 bits per heavy atom. The van der Waals surface area contributed by atoms with Crippen LogP contribution in [-0.2, 0) is 9.53 Å². The average Bonchev–Trinajstić information content (AvgIpc) is 2.82. The molecule has 4 heteroatoms. The third kappa shape index (κ3) is 1.72. The van der Waals surface area contributed by atoms with Gasteiger partial charge in [-0.25, -0.2) is 0 Å². The van der Waals surface area contributed by atoms with E-state index in [-0.39, 0.29) is 12.0 Å². The molecule has 2 atom stereocenters. The normalized spacial score (nSPS) is 30.0. The van der Waals surface area contributed by atoms with Crippen LogP contribution in [0.4, 0.5) is 0 Å². The Bertz CT molecular complexity index is 361. The molecular formula is C12H18N2O2. The van der Waals surface area contributed by atoms with Crippen LogP contribution in [-0.4, -0.2) is 22.9 Å². The summed E-state index contributed by atoms with van der Waals surface area (Å²) in [6.07, 6.45) is 7.79. The lowest BCUT2D eigenvalue weighted by molar-refractivity contribution is -0.157. The van der Waals surface area contributed by atoms with Crippen molar-refractivity contribution in [2.75, 3.05) is 7.11 Å². The van der Waals surface area contributed by atoms with Gasteiger partial charge < -0.3 is 4.74 Å². The molecule has 1 aromatic heterocycles. The third-order valence-corrected chi connectivity index (χ3v) is 3.66. The van der Waals surface area contributed by atoms with Gasteiger partial charge in [0.25, 0.3) is 0 Å². The number of carbonyl (C=O) groups excluding carboxylic acids is 1. The Kier molecular flexibility index (Phi) is 2.99. The van der Waals surface area contributed by atoms with Crippen LogP contribution in [0.2, 0.25) is 0 Å². The summed E-state index contributed by atoms with van der Waals surface area (Å²) in [5.74, 6) is -0.118. The summed E-state index contributed by atoms with van der Waals surface area (Å²) >= 11 is 0. The molecule has 2 unspecified atom stereocenters. The summed E-state index contributed by atoms with van der Waals surface area (Å²) in [5.41, 5.74) is -0.432. The molecule has 0 saturated heterocycles. The van der Waals surface area contributed by atoms with Crippen molar-refractivity contribution in [2.24, 2.45) is 5.41 Å². The topological polar surface area (TPSA) is 44.1 Å². The molecule has 1 heterocycles. The molecule has 0 N–H and O–H groups in total. The molecule has 16 heavy (non-hydrogen) atoms. The summed E-state index contributed by atoms with van der Waals surface area (Å²) in [5, 5.41) is 4.26. The molecule has 0 radical (unpaired) electrons. The van der Waals surface area contributed by atoms with Gasteiger partial charge in [0.15, 0.2) is 0 Å². The summed E-state index contributed by atoms with van der Waals surface area (Å²) in [6, 6.07) is 2.02. The highest BCUT2D eigenvalue weighted by Gasteiger charge is 2.45. The molecule has 0 aromatic carbocycles. The summed E-state index contributed by atoms with van der Waals surface area (Å²) in [6.45, 7) is 1.99. The van der Waals surface area contributed by atoms with E-state index in [1.54, 1.807) is 6.20 Å². The number of hydrogen-bond donors (Lipinski definition) is 0. The van der Waals surface area contributed by atoms with Gasteiger partial charge in [-0.1, -0.05) is 12.8 Å². The zero-order chi connectivity index (χ0) is 11.6. The summed E-state index contributed by atoms with van der Waals surface area (Å²) in [4.78, 5) is 11.9. The van der Waals surface area contributed by atoms with Gasteiger partial charge in [0.2, 0.25) is 0 Å². The zero-order valence-corrected chi connectivity index (χ0v) is 9.85. The highest BCUT2D eigenvalue weighted by molar-refractivity contribution is 5.77. The number of methoxy groups -OCH3 is 1. The van der Waals surface area contributed by atoms with Crippen LogP contribution >= 0.6 is 0 Å². The lowest BCUT2D eigenvalue weighted by atomic mass is 9.71. The van der Waals surface area contributed by atoms with E-state index in [1.807, 2.05) is 23.9 Å². The van der Waals surface area contributed by atoms with Crippen molar-refractivity contribution in [3.63, 3.8) is 0 Å². The predicted octanol–water partition coefficient (Wildman–Crippen LogP) is 2.18. The number of aromatic nitrogens is 2. The molecule has 1 aliphatic carbocycles. The Hall–Kier alpha value is -1.32. The number of rotatable bonds is 2. The van der Waals surface area contributed by atoms with Crippen LogP contribution in [0.1, 0.15) is 38.6 Å². The minimum atomic E-state index is -0.432. The number of hydrogen-bond acceptors (Lipinski definition) is 3. The second-order valence-electron chi connectivity index (χ2n) is 4.66. The van der Waals surface area contributed by atoms with Crippen LogP contribution in [0.25, 0.3) is 0 Å². The first-order valence-electron chi connectivity index (χ1n) is 5.76. The van der Waals surface area contributed by atoms with Crippen LogP contribution in [0.5, 0.6) is 0 Å². The van der Waals surface area contributed by atoms with Gasteiger partial charge >= 0.3 is 5.97 Å². The zero-order valence-electron chi connectivity index (χ0n) is 9.85. The van der Waals surface area contributed by atoms with Gasteiger partial charge in [-0.2, -0.15) is 5.10 Å². The third-order valence-electron chi connectivity index (χ3n) is 3.66. The lowest BCUT2D eigenvalue weighted by Crippen LogP contribution is -2.40. The SMILES string of the molecule is COC(=O)C1(C)CCCCC1n1cccn1. The largest absolute Gasteiger partial charge is 0.469 e. The monoisotopic (exact) mass is 222 g/mol. The second kappa shape index (κ2) is 4.28. The highest BCUT2D eigenvalue weighted by Crippen LogP contribution is 2.44. The van der Waals surface area contributed by atoms with Gasteiger partial charge in [0, 0.05) is 12.4 Å². The Morgan fingerprint density at radius 1 is 1.56 bits per heavy atom. The molecule has 1 aromatic rings. The summed E-state index contributed by atoms with van der Waals surface area (Å²) in [7, 11) is 1.46. The maximum absolute atomic E-state index is 11.9. The lowest BCUT2D eigenvalue weighted by Gasteiger charge is -2.38. The predicted molar refractivity (Wildman–Crippen MR) is 59.9 cm³/mol. The van der Waals surface area contributed by atoms with E-state index >= 15 is 0 Å². The molecule has 2 rings (SSSR count). The fourth-order valence-electron chi connectivity index (χ4n) is 2.68. The maximum Gasteiger partial charge on any atom is 0.313 e. The molecule has 0 bridgehead atoms. The standard InChI is InChI=1S/C12H18N2O2/c1-12(11(15)16-2)7-4-3-6-10(12)14-9-5-8-13-14/h5,8-10H,3-4,6-7H2,1-2H3. The maximum atomic E-state index is 11.9. The number of carbonyl (C=O) groups is 1. The molecule has 1 aliphatic rings. The van der Waals surface area contributed by atoms with Crippen molar-refractivity contribution < 1.29 is 9.53 Å². The first-order valence-corrected chi connectivity index (χ1v) is 5.76. The van der Waals surface area contributed by atoms with Gasteiger partial charge in [0.1, 0.15) is 0 Å². The first kappa shape index (κ1) is 11.2. The van der Waals surface area contributed by atoms with Crippen molar-refractivity contribution in [3.05, 3.63) is 18.5 Å². The van der Waals surface area contributed by atoms with Gasteiger partial charge in [-0.15, -0.1) is 0 Å². The number of nitrogens with zero attached hydrogens (tertiary/aromatic N) is 2. The molecule has 0 spiro atoms. The highest BCUT2D eigenvalue weighted by atomic mass is 16.5. The van der Waals surface area contributed by atoms with Crippen LogP contribution < -0.4 is 0 Å². The molecule has 0 amide bonds. The minimum absolute atomic E-state index is 0.118. The number of ether oxygens (including phenoxy) is 1. The van der Waals surface area contributed by atoms with E-state index in [2.05, 4.69) is 5.10 Å². The molecule has 0 aliphatic heterocycles. The van der Waals surface area contributed by atoms with Crippen molar-refractivity contribution >= 4 is 5.97 Å². The fraction of sp³-hybridized carbons (Fsp3) is 0.667. The fourth-order valence-corrected chi connectivity index (χ4v) is 2.68. The summed E-state index contributed by atoms with van der Waals surface area (Å²) < 4.78 is 6.84. The number of esters is 1. The van der Waals surface area contributed by atoms with Gasteiger partial charge in [-0.05, 0) is 25.8 Å². The molecule has 4 nitrogen and oxygen atoms in total. The second-order valence-corrected chi connectivity index (χ2v) is 4.66. The quantitative estimate of drug-likeness (QED) is 0.720. The van der Waals surface area contributed by atoms with Crippen molar-refractivity contribution in [1.29, 1.82) is 0 Å². The van der Waals surface area contributed by atoms with Crippen LogP contribution in [0, 0.1) is 5.41 Å².